The number of pyridine rings is 1. The van der Waals surface area contributed by atoms with Gasteiger partial charge in [-0.15, -0.1) is 0 Å². The monoisotopic (exact) mass is 327 g/mol. The van der Waals surface area contributed by atoms with Gasteiger partial charge in [0.1, 0.15) is 0 Å². The predicted molar refractivity (Wildman–Crippen MR) is 102 cm³/mol. The zero-order valence-corrected chi connectivity index (χ0v) is 13.8. The Balaban J connectivity index is 1.57. The summed E-state index contributed by atoms with van der Waals surface area (Å²) in [5, 5.41) is 5.09. The van der Waals surface area contributed by atoms with E-state index in [0.29, 0.717) is 0 Å². The minimum atomic E-state index is -0.176. The van der Waals surface area contributed by atoms with Gasteiger partial charge in [-0.3, -0.25) is 9.78 Å². The molecule has 2 aromatic heterocycles. The molecule has 0 fully saturated rings. The number of para-hydroxylation sites is 1. The maximum atomic E-state index is 12.1. The molecule has 122 valence electrons. The first-order chi connectivity index (χ1) is 12.2. The summed E-state index contributed by atoms with van der Waals surface area (Å²) in [6, 6.07) is 17.8. The molecule has 4 nitrogen and oxygen atoms in total. The molecule has 1 amide bonds. The highest BCUT2D eigenvalue weighted by Crippen LogP contribution is 2.25. The Morgan fingerprint density at radius 3 is 2.68 bits per heavy atom. The largest absolute Gasteiger partial charge is 0.353 e. The quantitative estimate of drug-likeness (QED) is 0.537. The highest BCUT2D eigenvalue weighted by atomic mass is 16.1. The first-order valence-corrected chi connectivity index (χ1v) is 8.11. The number of hydrogen-bond acceptors (Lipinski definition) is 2. The number of carbonyl (C=O) groups excluding carboxylic acids is 1. The van der Waals surface area contributed by atoms with Crippen molar-refractivity contribution in [3.8, 4) is 0 Å². The van der Waals surface area contributed by atoms with Gasteiger partial charge in [-0.2, -0.15) is 0 Å². The molecule has 4 rings (SSSR count). The molecule has 0 bridgehead atoms. The van der Waals surface area contributed by atoms with Crippen molar-refractivity contribution >= 4 is 39.5 Å². The van der Waals surface area contributed by atoms with E-state index in [4.69, 9.17) is 0 Å². The third-order valence-electron chi connectivity index (χ3n) is 4.14. The van der Waals surface area contributed by atoms with Gasteiger partial charge in [-0.1, -0.05) is 35.9 Å². The Labute approximate surface area is 145 Å². The lowest BCUT2D eigenvalue weighted by Crippen LogP contribution is -2.07. The van der Waals surface area contributed by atoms with Crippen molar-refractivity contribution in [2.75, 3.05) is 5.32 Å². The van der Waals surface area contributed by atoms with Gasteiger partial charge in [0.05, 0.1) is 17.4 Å². The third-order valence-corrected chi connectivity index (χ3v) is 4.14. The summed E-state index contributed by atoms with van der Waals surface area (Å²) in [5.74, 6) is -0.176. The second kappa shape index (κ2) is 6.24. The topological polar surface area (TPSA) is 57.8 Å². The van der Waals surface area contributed by atoms with Crippen LogP contribution in [0.15, 0.2) is 66.9 Å². The normalized spacial score (nSPS) is 11.4. The van der Waals surface area contributed by atoms with Crippen LogP contribution in [0.4, 0.5) is 5.69 Å². The number of nitrogens with zero attached hydrogens (tertiary/aromatic N) is 1. The summed E-state index contributed by atoms with van der Waals surface area (Å²) < 4.78 is 0. The van der Waals surface area contributed by atoms with Gasteiger partial charge in [0, 0.05) is 28.1 Å². The van der Waals surface area contributed by atoms with Crippen molar-refractivity contribution in [1.82, 2.24) is 9.97 Å². The zero-order valence-electron chi connectivity index (χ0n) is 13.8. The summed E-state index contributed by atoms with van der Waals surface area (Å²) in [6.07, 6.45) is 5.03. The lowest BCUT2D eigenvalue weighted by molar-refractivity contribution is -0.111. The van der Waals surface area contributed by atoms with Crippen LogP contribution in [0.3, 0.4) is 0 Å². The van der Waals surface area contributed by atoms with Crippen LogP contribution in [-0.2, 0) is 4.79 Å². The molecule has 0 aliphatic rings. The Hall–Kier alpha value is -3.40. The van der Waals surface area contributed by atoms with Gasteiger partial charge in [0.25, 0.3) is 0 Å². The fourth-order valence-corrected chi connectivity index (χ4v) is 2.84. The molecule has 0 atom stereocenters. The fourth-order valence-electron chi connectivity index (χ4n) is 2.84. The number of rotatable bonds is 3. The summed E-state index contributed by atoms with van der Waals surface area (Å²) in [4.78, 5) is 19.8. The molecular weight excluding hydrogens is 310 g/mol. The summed E-state index contributed by atoms with van der Waals surface area (Å²) in [6.45, 7) is 2.01. The first-order valence-electron chi connectivity index (χ1n) is 8.11. The van der Waals surface area contributed by atoms with E-state index in [0.717, 1.165) is 38.8 Å². The number of benzene rings is 2. The van der Waals surface area contributed by atoms with E-state index in [-0.39, 0.29) is 5.91 Å². The van der Waals surface area contributed by atoms with Crippen molar-refractivity contribution in [1.29, 1.82) is 0 Å². The van der Waals surface area contributed by atoms with Crippen molar-refractivity contribution in [3.63, 3.8) is 0 Å². The molecule has 0 aliphatic heterocycles. The maximum Gasteiger partial charge on any atom is 0.248 e. The summed E-state index contributed by atoms with van der Waals surface area (Å²) in [5.41, 5.74) is 4.75. The second-order valence-electron chi connectivity index (χ2n) is 6.01. The maximum absolute atomic E-state index is 12.1. The third kappa shape index (κ3) is 3.15. The lowest BCUT2D eigenvalue weighted by atomic mass is 10.1. The Morgan fingerprint density at radius 1 is 1.04 bits per heavy atom. The molecule has 2 aromatic carbocycles. The summed E-state index contributed by atoms with van der Waals surface area (Å²) in [7, 11) is 0. The number of carbonyl (C=O) groups is 1. The second-order valence-corrected chi connectivity index (χ2v) is 6.01. The zero-order chi connectivity index (χ0) is 17.2. The lowest BCUT2D eigenvalue weighted by Gasteiger charge is -2.02. The standard InChI is InChI=1S/C21H17N3O/c1-14-6-8-15(9-7-14)23-21(25)11-10-16-12-18-17-4-2-3-5-19(17)24-20(18)13-22-16/h2-13,24H,1H3,(H,23,25)/b11-10+. The molecule has 2 N–H and O–H groups in total. The molecule has 0 saturated heterocycles. The van der Waals surface area contributed by atoms with E-state index in [1.54, 1.807) is 12.3 Å². The van der Waals surface area contributed by atoms with Gasteiger partial charge in [0.15, 0.2) is 0 Å². The number of aromatic amines is 1. The van der Waals surface area contributed by atoms with Gasteiger partial charge in [-0.25, -0.2) is 0 Å². The van der Waals surface area contributed by atoms with E-state index in [1.807, 2.05) is 55.5 Å². The van der Waals surface area contributed by atoms with Crippen molar-refractivity contribution in [3.05, 3.63) is 78.1 Å². The highest BCUT2D eigenvalue weighted by Gasteiger charge is 2.04. The van der Waals surface area contributed by atoms with Crippen LogP contribution in [0.1, 0.15) is 11.3 Å². The molecule has 0 aliphatic carbocycles. The molecular formula is C21H17N3O. The fraction of sp³-hybridized carbons (Fsp3) is 0.0476. The number of aryl methyl sites for hydroxylation is 1. The van der Waals surface area contributed by atoms with Crippen LogP contribution in [-0.4, -0.2) is 15.9 Å². The molecule has 4 aromatic rings. The molecule has 0 unspecified atom stereocenters. The molecule has 4 heteroatoms. The van der Waals surface area contributed by atoms with E-state index in [9.17, 15) is 4.79 Å². The van der Waals surface area contributed by atoms with Crippen molar-refractivity contribution in [2.24, 2.45) is 0 Å². The average molecular weight is 327 g/mol. The van der Waals surface area contributed by atoms with Gasteiger partial charge in [0.2, 0.25) is 5.91 Å². The molecule has 25 heavy (non-hydrogen) atoms. The van der Waals surface area contributed by atoms with Crippen LogP contribution < -0.4 is 5.32 Å². The Morgan fingerprint density at radius 2 is 1.84 bits per heavy atom. The van der Waals surface area contributed by atoms with Crippen LogP contribution >= 0.6 is 0 Å². The number of hydrogen-bond donors (Lipinski definition) is 2. The van der Waals surface area contributed by atoms with Crippen LogP contribution in [0.25, 0.3) is 27.9 Å². The number of H-pyrrole nitrogens is 1. The van der Waals surface area contributed by atoms with Crippen molar-refractivity contribution in [2.45, 2.75) is 6.92 Å². The number of amides is 1. The number of anilines is 1. The van der Waals surface area contributed by atoms with Gasteiger partial charge < -0.3 is 10.3 Å². The smallest absolute Gasteiger partial charge is 0.248 e. The Kier molecular flexibility index (Phi) is 3.78. The summed E-state index contributed by atoms with van der Waals surface area (Å²) >= 11 is 0. The van der Waals surface area contributed by atoms with Gasteiger partial charge in [-0.05, 0) is 37.3 Å². The van der Waals surface area contributed by atoms with Gasteiger partial charge >= 0.3 is 0 Å². The minimum absolute atomic E-state index is 0.176. The van der Waals surface area contributed by atoms with E-state index < -0.39 is 0 Å². The average Bonchev–Trinajstić information content (AvgIpc) is 3.00. The highest BCUT2D eigenvalue weighted by molar-refractivity contribution is 6.07. The molecule has 0 radical (unpaired) electrons. The number of aromatic nitrogens is 2. The minimum Gasteiger partial charge on any atom is -0.353 e. The van der Waals surface area contributed by atoms with Crippen molar-refractivity contribution < 1.29 is 4.79 Å². The molecule has 0 spiro atoms. The number of fused-ring (bicyclic) bond motifs is 3. The first kappa shape index (κ1) is 15.1. The van der Waals surface area contributed by atoms with Crippen LogP contribution in [0, 0.1) is 6.92 Å². The molecule has 0 saturated carbocycles. The van der Waals surface area contributed by atoms with Crippen LogP contribution in [0.2, 0.25) is 0 Å². The Bertz CT molecular complexity index is 1090. The van der Waals surface area contributed by atoms with E-state index >= 15 is 0 Å². The SMILES string of the molecule is Cc1ccc(NC(=O)/C=C/c2cc3c(cn2)[nH]c2ccccc23)cc1. The van der Waals surface area contributed by atoms with Crippen LogP contribution in [0.5, 0.6) is 0 Å². The van der Waals surface area contributed by atoms with E-state index in [1.165, 1.54) is 6.08 Å². The number of nitrogens with one attached hydrogen (secondary N) is 2. The van der Waals surface area contributed by atoms with E-state index in [2.05, 4.69) is 21.4 Å². The molecule has 2 heterocycles. The predicted octanol–water partition coefficient (Wildman–Crippen LogP) is 4.68.